The number of rotatable bonds is 13. The van der Waals surface area contributed by atoms with E-state index in [4.69, 9.17) is 4.74 Å². The average Bonchev–Trinajstić information content (AvgIpc) is 2.90. The third-order valence-corrected chi connectivity index (χ3v) is 5.46. The molecule has 2 N–H and O–H groups in total. The second kappa shape index (κ2) is 13.5. The number of carbonyl (C=O) groups is 2. The van der Waals surface area contributed by atoms with Gasteiger partial charge in [-0.05, 0) is 60.0 Å². The van der Waals surface area contributed by atoms with Crippen LogP contribution in [0.25, 0.3) is 18.2 Å². The Morgan fingerprint density at radius 1 is 0.917 bits per heavy atom. The molecule has 0 aromatic heterocycles. The van der Waals surface area contributed by atoms with E-state index in [1.54, 1.807) is 18.2 Å². The summed E-state index contributed by atoms with van der Waals surface area (Å²) in [7, 11) is 1.83. The Morgan fingerprint density at radius 3 is 2.33 bits per heavy atom. The molecule has 0 radical (unpaired) electrons. The Hall–Kier alpha value is -4.38. The summed E-state index contributed by atoms with van der Waals surface area (Å²) in [5.74, 6) is 0.134. The summed E-state index contributed by atoms with van der Waals surface area (Å²) in [5, 5.41) is 6.38. The highest BCUT2D eigenvalue weighted by atomic mass is 16.5. The molecule has 3 aromatic rings. The van der Waals surface area contributed by atoms with E-state index in [0.29, 0.717) is 12.4 Å². The van der Waals surface area contributed by atoms with Crippen LogP contribution in [0.2, 0.25) is 0 Å². The molecule has 0 aliphatic rings. The zero-order chi connectivity index (χ0) is 25.8. The molecule has 0 saturated carbocycles. The average molecular weight is 481 g/mol. The highest BCUT2D eigenvalue weighted by Gasteiger charge is 2.07. The van der Waals surface area contributed by atoms with E-state index in [0.717, 1.165) is 40.2 Å². The fraction of sp³-hybridized carbons (Fsp3) is 0.161. The van der Waals surface area contributed by atoms with Crippen molar-refractivity contribution in [1.29, 1.82) is 0 Å². The first-order chi connectivity index (χ1) is 17.5. The van der Waals surface area contributed by atoms with Crippen LogP contribution >= 0.6 is 0 Å². The van der Waals surface area contributed by atoms with Gasteiger partial charge in [0.15, 0.2) is 11.6 Å². The topological polar surface area (TPSA) is 67.4 Å². The van der Waals surface area contributed by atoms with Gasteiger partial charge in [0.25, 0.3) is 0 Å². The molecule has 5 nitrogen and oxygen atoms in total. The van der Waals surface area contributed by atoms with Gasteiger partial charge in [-0.2, -0.15) is 0 Å². The van der Waals surface area contributed by atoms with Gasteiger partial charge in [-0.1, -0.05) is 61.2 Å². The summed E-state index contributed by atoms with van der Waals surface area (Å²) in [4.78, 5) is 24.8. The molecule has 3 aromatic carbocycles. The Kier molecular flexibility index (Phi) is 9.83. The summed E-state index contributed by atoms with van der Waals surface area (Å²) in [6.07, 6.45) is 7.84. The molecule has 0 aliphatic carbocycles. The highest BCUT2D eigenvalue weighted by Crippen LogP contribution is 2.26. The molecular formula is C31H32N2O3. The van der Waals surface area contributed by atoms with Crippen LogP contribution in [0.3, 0.4) is 0 Å². The SMILES string of the molecule is C=Cc1ccc(/C=C/C(=O)CC(=O)/C=C/c2ccc(NCC)cc2OCc2ccccc2)cc1NC. The van der Waals surface area contributed by atoms with Crippen molar-refractivity contribution in [2.24, 2.45) is 0 Å². The van der Waals surface area contributed by atoms with Crippen LogP contribution in [0.15, 0.2) is 85.5 Å². The molecule has 36 heavy (non-hydrogen) atoms. The fourth-order valence-corrected chi connectivity index (χ4v) is 3.58. The lowest BCUT2D eigenvalue weighted by Crippen LogP contribution is -2.03. The van der Waals surface area contributed by atoms with Crippen LogP contribution in [0.1, 0.15) is 35.6 Å². The molecule has 0 spiro atoms. The predicted octanol–water partition coefficient (Wildman–Crippen LogP) is 6.64. The van der Waals surface area contributed by atoms with Gasteiger partial charge in [0.1, 0.15) is 12.4 Å². The zero-order valence-corrected chi connectivity index (χ0v) is 20.8. The molecule has 0 bridgehead atoms. The van der Waals surface area contributed by atoms with Crippen LogP contribution in [-0.2, 0) is 16.2 Å². The van der Waals surface area contributed by atoms with Crippen molar-refractivity contribution in [3.8, 4) is 5.75 Å². The molecule has 0 atom stereocenters. The minimum atomic E-state index is -0.271. The van der Waals surface area contributed by atoms with E-state index in [1.807, 2.05) is 80.7 Å². The maximum absolute atomic E-state index is 12.5. The van der Waals surface area contributed by atoms with Crippen molar-refractivity contribution in [2.75, 3.05) is 24.2 Å². The van der Waals surface area contributed by atoms with Crippen molar-refractivity contribution in [1.82, 2.24) is 0 Å². The Balaban J connectivity index is 1.65. The minimum absolute atomic E-state index is 0.202. The van der Waals surface area contributed by atoms with Gasteiger partial charge in [0.2, 0.25) is 0 Å². The van der Waals surface area contributed by atoms with Crippen LogP contribution in [0, 0.1) is 0 Å². The van der Waals surface area contributed by atoms with Crippen LogP contribution in [-0.4, -0.2) is 25.2 Å². The molecule has 3 rings (SSSR count). The second-order valence-electron chi connectivity index (χ2n) is 8.13. The third-order valence-electron chi connectivity index (χ3n) is 5.46. The molecular weight excluding hydrogens is 448 g/mol. The number of hydrogen-bond acceptors (Lipinski definition) is 5. The summed E-state index contributed by atoms with van der Waals surface area (Å²) in [6.45, 7) is 7.02. The van der Waals surface area contributed by atoms with Crippen molar-refractivity contribution in [3.63, 3.8) is 0 Å². The minimum Gasteiger partial charge on any atom is -0.488 e. The first-order valence-electron chi connectivity index (χ1n) is 11.9. The lowest BCUT2D eigenvalue weighted by atomic mass is 10.1. The second-order valence-corrected chi connectivity index (χ2v) is 8.13. The predicted molar refractivity (Wildman–Crippen MR) is 150 cm³/mol. The molecule has 0 heterocycles. The van der Waals surface area contributed by atoms with E-state index in [2.05, 4.69) is 17.2 Å². The standard InChI is InChI=1S/C31H32N2O3/c1-4-25-13-11-23(19-30(25)32-3)12-17-28(34)21-29(35)18-15-26-14-16-27(33-5-2)20-31(26)36-22-24-9-7-6-8-10-24/h4,6-20,32-33H,1,5,21-22H2,2-3H3/b17-12+,18-15+. The quantitative estimate of drug-likeness (QED) is 0.212. The molecule has 0 aliphatic heterocycles. The number of ether oxygens (including phenoxy) is 1. The first-order valence-corrected chi connectivity index (χ1v) is 11.9. The Labute approximate surface area is 213 Å². The smallest absolute Gasteiger partial charge is 0.163 e. The lowest BCUT2D eigenvalue weighted by molar-refractivity contribution is -0.121. The third kappa shape index (κ3) is 7.84. The number of benzene rings is 3. The maximum atomic E-state index is 12.5. The van der Waals surface area contributed by atoms with Crippen molar-refractivity contribution < 1.29 is 14.3 Å². The monoisotopic (exact) mass is 480 g/mol. The fourth-order valence-electron chi connectivity index (χ4n) is 3.58. The Morgan fingerprint density at radius 2 is 1.64 bits per heavy atom. The number of carbonyl (C=O) groups excluding carboxylic acids is 2. The molecule has 0 saturated heterocycles. The van der Waals surface area contributed by atoms with Gasteiger partial charge in [-0.3, -0.25) is 9.59 Å². The molecule has 0 amide bonds. The highest BCUT2D eigenvalue weighted by molar-refractivity contribution is 6.11. The van der Waals surface area contributed by atoms with E-state index >= 15 is 0 Å². The van der Waals surface area contributed by atoms with Crippen molar-refractivity contribution >= 4 is 41.2 Å². The van der Waals surface area contributed by atoms with Crippen LogP contribution in [0.5, 0.6) is 5.75 Å². The lowest BCUT2D eigenvalue weighted by Gasteiger charge is -2.12. The van der Waals surface area contributed by atoms with Crippen LogP contribution in [0.4, 0.5) is 11.4 Å². The van der Waals surface area contributed by atoms with Gasteiger partial charge in [-0.25, -0.2) is 0 Å². The number of ketones is 2. The van der Waals surface area contributed by atoms with Gasteiger partial charge < -0.3 is 15.4 Å². The largest absolute Gasteiger partial charge is 0.488 e. The van der Waals surface area contributed by atoms with E-state index < -0.39 is 0 Å². The number of nitrogens with one attached hydrogen (secondary N) is 2. The van der Waals surface area contributed by atoms with Crippen LogP contribution < -0.4 is 15.4 Å². The number of hydrogen-bond donors (Lipinski definition) is 2. The van der Waals surface area contributed by atoms with E-state index in [1.165, 1.54) is 12.2 Å². The summed E-state index contributed by atoms with van der Waals surface area (Å²) in [5.41, 5.74) is 5.52. The van der Waals surface area contributed by atoms with E-state index in [9.17, 15) is 9.59 Å². The molecule has 0 fully saturated rings. The summed E-state index contributed by atoms with van der Waals surface area (Å²) in [6, 6.07) is 21.4. The first kappa shape index (κ1) is 26.2. The normalized spacial score (nSPS) is 10.9. The van der Waals surface area contributed by atoms with Crippen molar-refractivity contribution in [2.45, 2.75) is 20.0 Å². The van der Waals surface area contributed by atoms with Gasteiger partial charge in [0.05, 0.1) is 6.42 Å². The maximum Gasteiger partial charge on any atom is 0.163 e. The Bertz CT molecular complexity index is 1260. The van der Waals surface area contributed by atoms with Gasteiger partial charge >= 0.3 is 0 Å². The zero-order valence-electron chi connectivity index (χ0n) is 20.8. The summed E-state index contributed by atoms with van der Waals surface area (Å²) >= 11 is 0. The van der Waals surface area contributed by atoms with Gasteiger partial charge in [-0.15, -0.1) is 0 Å². The van der Waals surface area contributed by atoms with Crippen molar-refractivity contribution in [3.05, 3.63) is 108 Å². The summed E-state index contributed by atoms with van der Waals surface area (Å²) < 4.78 is 6.05. The molecule has 0 unspecified atom stereocenters. The number of allylic oxidation sites excluding steroid dienone is 2. The van der Waals surface area contributed by atoms with E-state index in [-0.39, 0.29) is 18.0 Å². The number of anilines is 2. The van der Waals surface area contributed by atoms with Gasteiger partial charge in [0, 0.05) is 36.6 Å². The molecule has 184 valence electrons. The molecule has 5 heteroatoms.